The number of hydrogen-bond donors (Lipinski definition) is 6. The summed E-state index contributed by atoms with van der Waals surface area (Å²) in [6, 6.07) is 11.4. The summed E-state index contributed by atoms with van der Waals surface area (Å²) >= 11 is 0. The lowest BCUT2D eigenvalue weighted by Crippen LogP contribution is -2.32. The van der Waals surface area contributed by atoms with Gasteiger partial charge in [0, 0.05) is 29.8 Å². The smallest absolute Gasteiger partial charge is 0.317 e. The van der Waals surface area contributed by atoms with E-state index in [9.17, 15) is 33.3 Å². The second kappa shape index (κ2) is 12.6. The molecule has 1 unspecified atom stereocenters. The van der Waals surface area contributed by atoms with Crippen molar-refractivity contribution in [3.63, 3.8) is 0 Å². The largest absolute Gasteiger partial charge is 0.507 e. The molecule has 44 heavy (non-hydrogen) atoms. The first-order chi connectivity index (χ1) is 20.6. The van der Waals surface area contributed by atoms with Crippen molar-refractivity contribution < 1.29 is 42.6 Å². The van der Waals surface area contributed by atoms with Gasteiger partial charge in [-0.2, -0.15) is 8.42 Å². The Bertz CT molecular complexity index is 1720. The molecule has 0 saturated carbocycles. The van der Waals surface area contributed by atoms with Gasteiger partial charge in [0.1, 0.15) is 16.4 Å². The van der Waals surface area contributed by atoms with Crippen LogP contribution in [0.5, 0.6) is 11.5 Å². The summed E-state index contributed by atoms with van der Waals surface area (Å²) < 4.78 is 33.6. The number of carbonyl (C=O) groups is 2. The summed E-state index contributed by atoms with van der Waals surface area (Å²) in [6.07, 6.45) is 0. The zero-order valence-electron chi connectivity index (χ0n) is 25.3. The second-order valence-electron chi connectivity index (χ2n) is 11.6. The van der Waals surface area contributed by atoms with Gasteiger partial charge in [-0.3, -0.25) is 9.59 Å². The number of aromatic hydroxyl groups is 2. The van der Waals surface area contributed by atoms with Crippen LogP contribution in [0.25, 0.3) is 0 Å². The molecule has 0 amide bonds. The molecule has 1 aliphatic rings. The number of carboxylic acid groups (broad SMARTS) is 2. The van der Waals surface area contributed by atoms with Gasteiger partial charge in [-0.15, -0.1) is 0 Å². The zero-order chi connectivity index (χ0) is 32.6. The normalized spacial score (nSPS) is 17.2. The van der Waals surface area contributed by atoms with E-state index < -0.39 is 27.7 Å². The summed E-state index contributed by atoms with van der Waals surface area (Å²) in [5.74, 6) is -2.65. The van der Waals surface area contributed by atoms with Crippen LogP contribution in [0, 0.1) is 6.92 Å². The summed E-state index contributed by atoms with van der Waals surface area (Å²) in [7, 11) is -4.31. The highest BCUT2D eigenvalue weighted by atomic mass is 32.2. The number of aliphatic carboxylic acids is 2. The van der Waals surface area contributed by atoms with Gasteiger partial charge in [-0.05, 0) is 70.8 Å². The van der Waals surface area contributed by atoms with E-state index >= 15 is 0 Å². The molecule has 0 fully saturated rings. The molecule has 12 heteroatoms. The maximum Gasteiger partial charge on any atom is 0.317 e. The monoisotopic (exact) mass is 626 g/mol. The SMILES string of the molecule is Cc1c(C2(c3cc(CNCC(=O)O)c(O)c(C(C)C)c3)OS(=O)(=O)c3ccccc32)cc(C(C)C)c(O)c1CNCC(=O)O. The van der Waals surface area contributed by atoms with Gasteiger partial charge in [-0.25, -0.2) is 4.18 Å². The van der Waals surface area contributed by atoms with E-state index in [4.69, 9.17) is 9.29 Å². The minimum atomic E-state index is -4.31. The summed E-state index contributed by atoms with van der Waals surface area (Å²) in [5.41, 5.74) is 1.61. The Morgan fingerprint density at radius 2 is 1.41 bits per heavy atom. The van der Waals surface area contributed by atoms with Crippen LogP contribution < -0.4 is 10.6 Å². The predicted molar refractivity (Wildman–Crippen MR) is 162 cm³/mol. The molecule has 1 aliphatic heterocycles. The fourth-order valence-corrected chi connectivity index (χ4v) is 7.16. The molecule has 1 atom stereocenters. The van der Waals surface area contributed by atoms with Gasteiger partial charge in [0.25, 0.3) is 10.1 Å². The summed E-state index contributed by atoms with van der Waals surface area (Å²) in [5, 5.41) is 46.5. The standard InChI is InChI=1S/C32H38N2O9S/c1-17(2)22-11-21(10-20(30(22)39)13-33-15-28(35)36)32(25-8-6-7-9-27(25)44(41,42)43-32)26-12-23(18(3)4)31(40)24(19(26)5)14-34-16-29(37)38/h6-12,17-18,33-34,39-40H,13-16H2,1-5H3,(H,35,36)(H,37,38). The van der Waals surface area contributed by atoms with E-state index in [0.717, 1.165) is 0 Å². The van der Waals surface area contributed by atoms with Crippen LogP contribution in [-0.4, -0.2) is 53.9 Å². The molecule has 0 radical (unpaired) electrons. The zero-order valence-corrected chi connectivity index (χ0v) is 26.1. The van der Waals surface area contributed by atoms with E-state index in [2.05, 4.69) is 10.6 Å². The first-order valence-electron chi connectivity index (χ1n) is 14.2. The molecule has 0 aliphatic carbocycles. The second-order valence-corrected chi connectivity index (χ2v) is 13.1. The molecule has 6 N–H and O–H groups in total. The van der Waals surface area contributed by atoms with Gasteiger partial charge >= 0.3 is 11.9 Å². The van der Waals surface area contributed by atoms with Crippen molar-refractivity contribution in [2.75, 3.05) is 13.1 Å². The minimum absolute atomic E-state index is 0.0147. The van der Waals surface area contributed by atoms with Gasteiger partial charge in [-0.1, -0.05) is 45.9 Å². The third kappa shape index (κ3) is 6.03. The van der Waals surface area contributed by atoms with Crippen molar-refractivity contribution in [1.82, 2.24) is 10.6 Å². The molecular formula is C32H38N2O9S. The number of rotatable bonds is 12. The van der Waals surface area contributed by atoms with Crippen LogP contribution in [0.1, 0.15) is 84.0 Å². The molecule has 0 bridgehead atoms. The lowest BCUT2D eigenvalue weighted by atomic mass is 9.74. The molecule has 4 rings (SSSR count). The molecule has 0 aromatic heterocycles. The van der Waals surface area contributed by atoms with Crippen LogP contribution in [0.4, 0.5) is 0 Å². The fourth-order valence-electron chi connectivity index (χ4n) is 5.74. The average molecular weight is 627 g/mol. The highest BCUT2D eigenvalue weighted by Crippen LogP contribution is 2.54. The maximum atomic E-state index is 13.7. The lowest BCUT2D eigenvalue weighted by Gasteiger charge is -2.34. The number of hydrogen-bond acceptors (Lipinski definition) is 9. The first kappa shape index (κ1) is 32.9. The van der Waals surface area contributed by atoms with E-state index in [-0.39, 0.29) is 54.4 Å². The first-order valence-corrected chi connectivity index (χ1v) is 15.6. The summed E-state index contributed by atoms with van der Waals surface area (Å²) in [4.78, 5) is 22.4. The highest BCUT2D eigenvalue weighted by Gasteiger charge is 2.52. The highest BCUT2D eigenvalue weighted by molar-refractivity contribution is 7.87. The number of nitrogens with one attached hydrogen (secondary N) is 2. The molecule has 0 saturated heterocycles. The van der Waals surface area contributed by atoms with Crippen LogP contribution >= 0.6 is 0 Å². The van der Waals surface area contributed by atoms with Crippen molar-refractivity contribution >= 4 is 22.1 Å². The Morgan fingerprint density at radius 3 is 2.00 bits per heavy atom. The van der Waals surface area contributed by atoms with Gasteiger partial charge < -0.3 is 31.1 Å². The van der Waals surface area contributed by atoms with Gasteiger partial charge in [0.05, 0.1) is 13.1 Å². The fraction of sp³-hybridized carbons (Fsp3) is 0.375. The Balaban J connectivity index is 2.12. The van der Waals surface area contributed by atoms with Crippen molar-refractivity contribution in [2.45, 2.75) is 70.0 Å². The van der Waals surface area contributed by atoms with Crippen molar-refractivity contribution in [1.29, 1.82) is 0 Å². The van der Waals surface area contributed by atoms with Crippen LogP contribution in [0.15, 0.2) is 47.4 Å². The molecule has 3 aromatic carbocycles. The van der Waals surface area contributed by atoms with Crippen molar-refractivity contribution in [2.24, 2.45) is 0 Å². The maximum absolute atomic E-state index is 13.7. The average Bonchev–Trinajstić information content (AvgIpc) is 3.18. The molecule has 236 valence electrons. The topological polar surface area (TPSA) is 182 Å². The van der Waals surface area contributed by atoms with E-state index in [1.807, 2.05) is 27.7 Å². The molecule has 1 heterocycles. The van der Waals surface area contributed by atoms with Crippen LogP contribution in [0.3, 0.4) is 0 Å². The van der Waals surface area contributed by atoms with Gasteiger partial charge in [0.15, 0.2) is 5.60 Å². The van der Waals surface area contributed by atoms with Crippen molar-refractivity contribution in [3.8, 4) is 11.5 Å². The molecular weight excluding hydrogens is 588 g/mol. The quantitative estimate of drug-likeness (QED) is 0.160. The predicted octanol–water partition coefficient (Wildman–Crippen LogP) is 4.01. The Labute approximate surface area is 256 Å². The third-order valence-electron chi connectivity index (χ3n) is 7.90. The van der Waals surface area contributed by atoms with E-state index in [0.29, 0.717) is 44.5 Å². The Kier molecular flexibility index (Phi) is 9.40. The van der Waals surface area contributed by atoms with E-state index in [1.54, 1.807) is 43.3 Å². The number of phenolic OH excluding ortho intramolecular Hbond substituents is 2. The number of benzene rings is 3. The van der Waals surface area contributed by atoms with Crippen LogP contribution in [-0.2, 0) is 42.6 Å². The molecule has 11 nitrogen and oxygen atoms in total. The number of carboxylic acids is 2. The number of fused-ring (bicyclic) bond motifs is 1. The lowest BCUT2D eigenvalue weighted by molar-refractivity contribution is -0.137. The minimum Gasteiger partial charge on any atom is -0.507 e. The molecule has 3 aromatic rings. The van der Waals surface area contributed by atoms with Crippen molar-refractivity contribution in [3.05, 3.63) is 87.0 Å². The Morgan fingerprint density at radius 1 is 0.841 bits per heavy atom. The summed E-state index contributed by atoms with van der Waals surface area (Å²) in [6.45, 7) is 8.45. The third-order valence-corrected chi connectivity index (χ3v) is 9.27. The van der Waals surface area contributed by atoms with E-state index in [1.165, 1.54) is 6.07 Å². The molecule has 0 spiro atoms. The van der Waals surface area contributed by atoms with Gasteiger partial charge in [0.2, 0.25) is 0 Å². The number of phenols is 2. The Hall–Kier alpha value is -3.97. The van der Waals surface area contributed by atoms with Crippen LogP contribution in [0.2, 0.25) is 0 Å².